The second-order valence-electron chi connectivity index (χ2n) is 4.77. The lowest BCUT2D eigenvalue weighted by Gasteiger charge is -2.30. The number of nitrogens with two attached hydrogens (primary N) is 1. The molecule has 0 bridgehead atoms. The molecule has 0 unspecified atom stereocenters. The summed E-state index contributed by atoms with van der Waals surface area (Å²) in [6.45, 7) is 3.83. The van der Waals surface area contributed by atoms with Crippen molar-refractivity contribution >= 4 is 17.2 Å². The topological polar surface area (TPSA) is 64.7 Å². The fraction of sp³-hybridized carbons (Fsp3) is 0.286. The molecule has 0 radical (unpaired) electrons. The first-order valence-corrected chi connectivity index (χ1v) is 5.90. The molecule has 1 aromatic carbocycles. The van der Waals surface area contributed by atoms with Crippen LogP contribution >= 0.6 is 0 Å². The van der Waals surface area contributed by atoms with Gasteiger partial charge < -0.3 is 10.5 Å². The van der Waals surface area contributed by atoms with Crippen molar-refractivity contribution in [2.45, 2.75) is 26.4 Å². The summed E-state index contributed by atoms with van der Waals surface area (Å²) in [7, 11) is 0. The zero-order valence-corrected chi connectivity index (χ0v) is 10.4. The molecule has 92 valence electrons. The first kappa shape index (κ1) is 11.0. The predicted molar refractivity (Wildman–Crippen MR) is 69.2 cm³/mol. The zero-order valence-electron chi connectivity index (χ0n) is 10.4. The fourth-order valence-electron chi connectivity index (χ4n) is 2.31. The van der Waals surface area contributed by atoms with Crippen molar-refractivity contribution in [1.29, 1.82) is 0 Å². The van der Waals surface area contributed by atoms with Crippen molar-refractivity contribution in [3.8, 4) is 5.75 Å². The van der Waals surface area contributed by atoms with Crippen molar-refractivity contribution in [3.05, 3.63) is 35.0 Å². The molecule has 2 aliphatic rings. The van der Waals surface area contributed by atoms with Crippen LogP contribution in [0.1, 0.15) is 18.9 Å². The molecule has 1 atom stereocenters. The monoisotopic (exact) mass is 242 g/mol. The van der Waals surface area contributed by atoms with Gasteiger partial charge in [0, 0.05) is 0 Å². The first-order chi connectivity index (χ1) is 8.56. The van der Waals surface area contributed by atoms with Crippen LogP contribution in [-0.2, 0) is 4.79 Å². The Kier molecular flexibility index (Phi) is 2.26. The Hall–Kier alpha value is -2.10. The van der Waals surface area contributed by atoms with Crippen LogP contribution in [0.15, 0.2) is 34.5 Å². The third-order valence-electron chi connectivity index (χ3n) is 3.39. The maximum absolute atomic E-state index is 11.7. The molecule has 1 aliphatic carbocycles. The number of rotatable bonds is 0. The Labute approximate surface area is 105 Å². The molecule has 0 saturated heterocycles. The minimum absolute atomic E-state index is 0.0674. The summed E-state index contributed by atoms with van der Waals surface area (Å²) in [5.74, 6) is 0.679. The number of benzene rings is 1. The van der Waals surface area contributed by atoms with Gasteiger partial charge in [0.2, 0.25) is 0 Å². The number of allylic oxidation sites excluding steroid dienone is 1. The molecule has 4 heteroatoms. The fourth-order valence-corrected chi connectivity index (χ4v) is 2.31. The highest BCUT2D eigenvalue weighted by molar-refractivity contribution is 6.16. The number of Topliss-reactive ketones (excluding diaryl/α,β-unsaturated/α-hetero) is 1. The van der Waals surface area contributed by atoms with Crippen molar-refractivity contribution in [1.82, 2.24) is 0 Å². The summed E-state index contributed by atoms with van der Waals surface area (Å²) in [4.78, 5) is 16.3. The Morgan fingerprint density at radius 3 is 2.94 bits per heavy atom. The highest BCUT2D eigenvalue weighted by Crippen LogP contribution is 2.37. The Bertz CT molecular complexity index is 614. The lowest BCUT2D eigenvalue weighted by atomic mass is 9.91. The van der Waals surface area contributed by atoms with Crippen LogP contribution in [-0.4, -0.2) is 17.6 Å². The Morgan fingerprint density at radius 1 is 1.39 bits per heavy atom. The molecular weight excluding hydrogens is 228 g/mol. The first-order valence-electron chi connectivity index (χ1n) is 5.90. The molecule has 18 heavy (non-hydrogen) atoms. The molecule has 3 rings (SSSR count). The second kappa shape index (κ2) is 3.70. The summed E-state index contributed by atoms with van der Waals surface area (Å²) in [5, 5.41) is 0. The smallest absolute Gasteiger partial charge is 0.184 e. The number of fused-ring (bicyclic) bond motifs is 2. The van der Waals surface area contributed by atoms with Gasteiger partial charge >= 0.3 is 0 Å². The largest absolute Gasteiger partial charge is 0.478 e. The van der Waals surface area contributed by atoms with E-state index in [-0.39, 0.29) is 18.3 Å². The highest BCUT2D eigenvalue weighted by atomic mass is 16.5. The van der Waals surface area contributed by atoms with E-state index in [2.05, 4.69) is 4.99 Å². The molecule has 0 spiro atoms. The van der Waals surface area contributed by atoms with Crippen molar-refractivity contribution in [2.75, 3.05) is 0 Å². The number of aryl methyl sites for hydroxylation is 1. The van der Waals surface area contributed by atoms with Gasteiger partial charge in [0.25, 0.3) is 0 Å². The Morgan fingerprint density at radius 2 is 2.17 bits per heavy atom. The number of ether oxygens (including phenoxy) is 1. The third-order valence-corrected chi connectivity index (χ3v) is 3.39. The molecule has 4 nitrogen and oxygen atoms in total. The van der Waals surface area contributed by atoms with Crippen LogP contribution in [0.4, 0.5) is 5.69 Å². The third kappa shape index (κ3) is 1.53. The van der Waals surface area contributed by atoms with Gasteiger partial charge in [-0.25, -0.2) is 4.99 Å². The molecule has 0 aromatic heterocycles. The summed E-state index contributed by atoms with van der Waals surface area (Å²) in [6.07, 6.45) is -0.0285. The van der Waals surface area contributed by atoms with Gasteiger partial charge in [-0.15, -0.1) is 0 Å². The molecule has 0 amide bonds. The normalized spacial score (nSPS) is 22.0. The van der Waals surface area contributed by atoms with Crippen LogP contribution in [0, 0.1) is 6.92 Å². The van der Waals surface area contributed by atoms with E-state index in [9.17, 15) is 4.79 Å². The van der Waals surface area contributed by atoms with Crippen LogP contribution in [0.3, 0.4) is 0 Å². The predicted octanol–water partition coefficient (Wildman–Crippen LogP) is 2.03. The summed E-state index contributed by atoms with van der Waals surface area (Å²) in [5.41, 5.74) is 9.51. The summed E-state index contributed by atoms with van der Waals surface area (Å²) in [6, 6.07) is 5.85. The van der Waals surface area contributed by atoms with E-state index < -0.39 is 0 Å². The number of hydrogen-bond donors (Lipinski definition) is 1. The van der Waals surface area contributed by atoms with Gasteiger partial charge in [0.15, 0.2) is 11.9 Å². The van der Waals surface area contributed by atoms with Gasteiger partial charge in [0.1, 0.15) is 11.4 Å². The Balaban J connectivity index is 2.12. The van der Waals surface area contributed by atoms with E-state index in [1.54, 1.807) is 0 Å². The van der Waals surface area contributed by atoms with Gasteiger partial charge in [-0.05, 0) is 37.1 Å². The van der Waals surface area contributed by atoms with Crippen LogP contribution < -0.4 is 10.5 Å². The zero-order chi connectivity index (χ0) is 12.9. The van der Waals surface area contributed by atoms with Crippen LogP contribution in [0.2, 0.25) is 0 Å². The quantitative estimate of drug-likeness (QED) is 0.757. The van der Waals surface area contributed by atoms with Crippen LogP contribution in [0.5, 0.6) is 5.75 Å². The van der Waals surface area contributed by atoms with E-state index in [0.717, 1.165) is 28.3 Å². The number of aliphatic imine (C=N–C) groups is 1. The van der Waals surface area contributed by atoms with E-state index in [4.69, 9.17) is 10.5 Å². The lowest BCUT2D eigenvalue weighted by Crippen LogP contribution is -2.39. The molecule has 1 aliphatic heterocycles. The van der Waals surface area contributed by atoms with E-state index in [0.29, 0.717) is 5.70 Å². The standard InChI is InChI=1S/C14H14N2O2/c1-7-3-4-12-9(5-7)16-10-6-11(17)13(15)8(2)14(10)18-12/h3-5,14H,6,15H2,1-2H3/t14-/m1/s1. The number of nitrogens with zero attached hydrogens (tertiary/aromatic N) is 1. The lowest BCUT2D eigenvalue weighted by molar-refractivity contribution is -0.114. The number of carbonyl (C=O) groups excluding carboxylic acids is 1. The van der Waals surface area contributed by atoms with Gasteiger partial charge in [-0.2, -0.15) is 0 Å². The van der Waals surface area contributed by atoms with Crippen LogP contribution in [0.25, 0.3) is 0 Å². The summed E-state index contributed by atoms with van der Waals surface area (Å²) >= 11 is 0. The maximum Gasteiger partial charge on any atom is 0.184 e. The molecule has 1 aromatic rings. The van der Waals surface area contributed by atoms with Gasteiger partial charge in [0.05, 0.1) is 17.8 Å². The van der Waals surface area contributed by atoms with Crippen molar-refractivity contribution in [2.24, 2.45) is 10.7 Å². The average molecular weight is 242 g/mol. The number of hydrogen-bond acceptors (Lipinski definition) is 4. The number of carbonyl (C=O) groups is 1. The molecule has 1 heterocycles. The van der Waals surface area contributed by atoms with E-state index >= 15 is 0 Å². The van der Waals surface area contributed by atoms with E-state index in [1.165, 1.54) is 0 Å². The SMILES string of the molecule is CC1=C(N)C(=O)CC2=Nc3cc(C)ccc3O[C@@H]21. The maximum atomic E-state index is 11.7. The molecule has 0 fully saturated rings. The van der Waals surface area contributed by atoms with Gasteiger partial charge in [-0.1, -0.05) is 6.07 Å². The minimum Gasteiger partial charge on any atom is -0.478 e. The summed E-state index contributed by atoms with van der Waals surface area (Å²) < 4.78 is 5.90. The molecule has 2 N–H and O–H groups in total. The van der Waals surface area contributed by atoms with Crippen molar-refractivity contribution < 1.29 is 9.53 Å². The van der Waals surface area contributed by atoms with Crippen molar-refractivity contribution in [3.63, 3.8) is 0 Å². The molecular formula is C14H14N2O2. The molecule has 0 saturated carbocycles. The second-order valence-corrected chi connectivity index (χ2v) is 4.77. The van der Waals surface area contributed by atoms with E-state index in [1.807, 2.05) is 32.0 Å². The minimum atomic E-state index is -0.280. The number of ketones is 1. The van der Waals surface area contributed by atoms with Gasteiger partial charge in [-0.3, -0.25) is 4.79 Å². The average Bonchev–Trinajstić information content (AvgIpc) is 2.34. The highest BCUT2D eigenvalue weighted by Gasteiger charge is 2.34.